The van der Waals surface area contributed by atoms with Gasteiger partial charge in [-0.2, -0.15) is 4.98 Å². The molecule has 26 heavy (non-hydrogen) atoms. The van der Waals surface area contributed by atoms with Gasteiger partial charge in [-0.3, -0.25) is 9.88 Å². The summed E-state index contributed by atoms with van der Waals surface area (Å²) in [5.41, 5.74) is 2.45. The van der Waals surface area contributed by atoms with E-state index in [9.17, 15) is 0 Å². The van der Waals surface area contributed by atoms with Gasteiger partial charge in [0, 0.05) is 38.4 Å². The molecule has 6 heteroatoms. The summed E-state index contributed by atoms with van der Waals surface area (Å²) < 4.78 is 11.1. The van der Waals surface area contributed by atoms with Gasteiger partial charge in [0.05, 0.1) is 19.1 Å². The molecule has 134 valence electrons. The first-order valence-corrected chi connectivity index (χ1v) is 8.92. The molecule has 0 bridgehead atoms. The zero-order valence-corrected chi connectivity index (χ0v) is 14.6. The molecular formula is C20H22N4O2. The lowest BCUT2D eigenvalue weighted by Gasteiger charge is -2.37. The number of aromatic nitrogens is 3. The van der Waals surface area contributed by atoms with Crippen LogP contribution < -0.4 is 0 Å². The highest BCUT2D eigenvalue weighted by atomic mass is 16.5. The van der Waals surface area contributed by atoms with Gasteiger partial charge in [-0.05, 0) is 23.3 Å². The van der Waals surface area contributed by atoms with Crippen molar-refractivity contribution in [2.45, 2.75) is 25.5 Å². The summed E-state index contributed by atoms with van der Waals surface area (Å²) in [6, 6.07) is 14.2. The summed E-state index contributed by atoms with van der Waals surface area (Å²) in [7, 11) is 0. The second-order valence-electron chi connectivity index (χ2n) is 6.58. The van der Waals surface area contributed by atoms with Gasteiger partial charge in [0.1, 0.15) is 0 Å². The van der Waals surface area contributed by atoms with Crippen molar-refractivity contribution in [2.24, 2.45) is 0 Å². The topological polar surface area (TPSA) is 64.3 Å². The number of rotatable bonds is 8. The minimum absolute atomic E-state index is 0.336. The van der Waals surface area contributed by atoms with E-state index in [1.165, 1.54) is 11.1 Å². The van der Waals surface area contributed by atoms with Crippen LogP contribution in [0.15, 0.2) is 59.4 Å². The van der Waals surface area contributed by atoms with E-state index in [0.717, 1.165) is 31.3 Å². The van der Waals surface area contributed by atoms with Crippen molar-refractivity contribution in [3.8, 4) is 0 Å². The molecule has 1 aliphatic rings. The summed E-state index contributed by atoms with van der Waals surface area (Å²) in [4.78, 5) is 10.9. The molecule has 1 saturated heterocycles. The van der Waals surface area contributed by atoms with E-state index in [2.05, 4.69) is 32.2 Å². The molecule has 0 saturated carbocycles. The molecule has 0 amide bonds. The number of pyridine rings is 1. The van der Waals surface area contributed by atoms with E-state index in [-0.39, 0.29) is 0 Å². The number of benzene rings is 1. The van der Waals surface area contributed by atoms with Crippen LogP contribution in [0.3, 0.4) is 0 Å². The van der Waals surface area contributed by atoms with Crippen LogP contribution in [0.1, 0.15) is 28.8 Å². The summed E-state index contributed by atoms with van der Waals surface area (Å²) in [5, 5.41) is 4.08. The van der Waals surface area contributed by atoms with Crippen LogP contribution in [0.2, 0.25) is 0 Å². The van der Waals surface area contributed by atoms with E-state index in [1.807, 2.05) is 42.7 Å². The molecule has 2 aromatic heterocycles. The number of hydrogen-bond acceptors (Lipinski definition) is 6. The fraction of sp³-hybridized carbons (Fsp3) is 0.350. The maximum atomic E-state index is 5.68. The minimum Gasteiger partial charge on any atom is -0.376 e. The average molecular weight is 350 g/mol. The molecule has 0 N–H and O–H groups in total. The molecule has 3 heterocycles. The van der Waals surface area contributed by atoms with Gasteiger partial charge in [-0.15, -0.1) is 0 Å². The Labute approximate surface area is 152 Å². The fourth-order valence-corrected chi connectivity index (χ4v) is 3.06. The molecule has 1 fully saturated rings. The zero-order chi connectivity index (χ0) is 17.6. The van der Waals surface area contributed by atoms with Gasteiger partial charge in [-0.1, -0.05) is 35.5 Å². The Balaban J connectivity index is 1.18. The van der Waals surface area contributed by atoms with Gasteiger partial charge in [0.15, 0.2) is 5.82 Å². The molecule has 0 aliphatic carbocycles. The Morgan fingerprint density at radius 2 is 1.85 bits per heavy atom. The van der Waals surface area contributed by atoms with Gasteiger partial charge in [-0.25, -0.2) is 0 Å². The Morgan fingerprint density at radius 1 is 1.04 bits per heavy atom. The average Bonchev–Trinajstić information content (AvgIpc) is 3.11. The van der Waals surface area contributed by atoms with Crippen molar-refractivity contribution in [1.29, 1.82) is 0 Å². The fourth-order valence-electron chi connectivity index (χ4n) is 3.06. The number of nitrogens with zero attached hydrogens (tertiary/aromatic N) is 4. The summed E-state index contributed by atoms with van der Waals surface area (Å²) >= 11 is 0. The Kier molecular flexibility index (Phi) is 5.33. The zero-order valence-electron chi connectivity index (χ0n) is 14.6. The number of likely N-dealkylation sites (tertiary alicyclic amines) is 1. The van der Waals surface area contributed by atoms with Crippen molar-refractivity contribution >= 4 is 0 Å². The predicted octanol–water partition coefficient (Wildman–Crippen LogP) is 2.82. The van der Waals surface area contributed by atoms with Gasteiger partial charge < -0.3 is 9.26 Å². The highest BCUT2D eigenvalue weighted by Gasteiger charge is 2.32. The Morgan fingerprint density at radius 3 is 2.65 bits per heavy atom. The lowest BCUT2D eigenvalue weighted by atomic mass is 9.99. The van der Waals surface area contributed by atoms with Gasteiger partial charge in [0.25, 0.3) is 0 Å². The largest absolute Gasteiger partial charge is 0.376 e. The summed E-state index contributed by atoms with van der Waals surface area (Å²) in [5.74, 6) is 1.80. The standard InChI is InChI=1S/C20H22N4O2/c1-2-4-17(5-3-1)15-25-11-8-19-22-20(26-23-19)18-13-24(14-18)12-16-6-9-21-10-7-16/h1-7,9-10,18H,8,11-15H2. The number of ether oxygens (including phenoxy) is 1. The first-order chi connectivity index (χ1) is 12.9. The maximum absolute atomic E-state index is 5.68. The van der Waals surface area contributed by atoms with E-state index >= 15 is 0 Å². The van der Waals surface area contributed by atoms with Crippen molar-refractivity contribution in [1.82, 2.24) is 20.0 Å². The van der Waals surface area contributed by atoms with Crippen molar-refractivity contribution in [3.63, 3.8) is 0 Å². The van der Waals surface area contributed by atoms with E-state index in [4.69, 9.17) is 9.26 Å². The lowest BCUT2D eigenvalue weighted by Crippen LogP contribution is -2.44. The minimum atomic E-state index is 0.336. The smallest absolute Gasteiger partial charge is 0.232 e. The second kappa shape index (κ2) is 8.21. The summed E-state index contributed by atoms with van der Waals surface area (Å²) in [6.45, 7) is 4.04. The third-order valence-electron chi connectivity index (χ3n) is 4.53. The van der Waals surface area contributed by atoms with Crippen LogP contribution in [0, 0.1) is 0 Å². The number of hydrogen-bond donors (Lipinski definition) is 0. The summed E-state index contributed by atoms with van der Waals surface area (Å²) in [6.07, 6.45) is 4.33. The molecule has 1 aliphatic heterocycles. The van der Waals surface area contributed by atoms with Crippen LogP contribution in [0.4, 0.5) is 0 Å². The first kappa shape index (κ1) is 16.9. The molecule has 0 spiro atoms. The molecular weight excluding hydrogens is 328 g/mol. The first-order valence-electron chi connectivity index (χ1n) is 8.92. The van der Waals surface area contributed by atoms with Gasteiger partial charge in [0.2, 0.25) is 5.89 Å². The molecule has 3 aromatic rings. The lowest BCUT2D eigenvalue weighted by molar-refractivity contribution is 0.117. The monoisotopic (exact) mass is 350 g/mol. The molecule has 0 radical (unpaired) electrons. The molecule has 1 aromatic carbocycles. The normalized spacial score (nSPS) is 15.1. The van der Waals surface area contributed by atoms with Crippen molar-refractivity contribution in [3.05, 3.63) is 77.7 Å². The highest BCUT2D eigenvalue weighted by Crippen LogP contribution is 2.27. The predicted molar refractivity (Wildman–Crippen MR) is 96.4 cm³/mol. The van der Waals surface area contributed by atoms with Crippen LogP contribution >= 0.6 is 0 Å². The van der Waals surface area contributed by atoms with Crippen molar-refractivity contribution in [2.75, 3.05) is 19.7 Å². The maximum Gasteiger partial charge on any atom is 0.232 e. The Hall–Kier alpha value is -2.57. The SMILES string of the molecule is c1ccc(COCCc2noc(C3CN(Cc4ccncc4)C3)n2)cc1. The van der Waals surface area contributed by atoms with E-state index in [0.29, 0.717) is 25.6 Å². The van der Waals surface area contributed by atoms with Crippen LogP contribution in [-0.2, 0) is 24.3 Å². The van der Waals surface area contributed by atoms with E-state index in [1.54, 1.807) is 0 Å². The molecule has 0 atom stereocenters. The Bertz CT molecular complexity index is 801. The second-order valence-corrected chi connectivity index (χ2v) is 6.58. The van der Waals surface area contributed by atoms with Crippen LogP contribution in [0.25, 0.3) is 0 Å². The van der Waals surface area contributed by atoms with Crippen molar-refractivity contribution < 1.29 is 9.26 Å². The quantitative estimate of drug-likeness (QED) is 0.582. The highest BCUT2D eigenvalue weighted by molar-refractivity contribution is 5.13. The van der Waals surface area contributed by atoms with Gasteiger partial charge >= 0.3 is 0 Å². The van der Waals surface area contributed by atoms with Crippen LogP contribution in [0.5, 0.6) is 0 Å². The van der Waals surface area contributed by atoms with E-state index < -0.39 is 0 Å². The van der Waals surface area contributed by atoms with Crippen LogP contribution in [-0.4, -0.2) is 39.7 Å². The molecule has 4 rings (SSSR count). The molecule has 6 nitrogen and oxygen atoms in total. The third-order valence-corrected chi connectivity index (χ3v) is 4.53. The third kappa shape index (κ3) is 4.33. The molecule has 0 unspecified atom stereocenters.